The summed E-state index contributed by atoms with van der Waals surface area (Å²) in [6.07, 6.45) is 6.18. The summed E-state index contributed by atoms with van der Waals surface area (Å²) in [6.45, 7) is 2.01. The first-order valence-electron chi connectivity index (χ1n) is 8.85. The molecule has 1 saturated heterocycles. The van der Waals surface area contributed by atoms with Crippen LogP contribution in [0, 0.1) is 0 Å². The van der Waals surface area contributed by atoms with Crippen LogP contribution in [0.4, 0.5) is 5.69 Å². The molecule has 0 bridgehead atoms. The van der Waals surface area contributed by atoms with E-state index in [2.05, 4.69) is 25.4 Å². The molecule has 26 heavy (non-hydrogen) atoms. The summed E-state index contributed by atoms with van der Waals surface area (Å²) in [7, 11) is 0. The zero-order valence-electron chi connectivity index (χ0n) is 14.6. The minimum Gasteiger partial charge on any atom is -0.326 e. The van der Waals surface area contributed by atoms with E-state index in [1.165, 1.54) is 12.8 Å². The first-order chi connectivity index (χ1) is 11.8. The summed E-state index contributed by atoms with van der Waals surface area (Å²) in [5.41, 5.74) is 1.88. The average Bonchev–Trinajstić information content (AvgIpc) is 3.25. The van der Waals surface area contributed by atoms with Gasteiger partial charge in [0.05, 0.1) is 0 Å². The van der Waals surface area contributed by atoms with Gasteiger partial charge in [-0.1, -0.05) is 0 Å². The maximum atomic E-state index is 12.1. The van der Waals surface area contributed by atoms with Crippen molar-refractivity contribution in [1.82, 2.24) is 20.1 Å². The monoisotopic (exact) mass is 397 g/mol. The highest BCUT2D eigenvalue weighted by molar-refractivity contribution is 5.91. The number of nitrogens with zero attached hydrogens (tertiary/aromatic N) is 3. The number of aromatic nitrogens is 3. The van der Waals surface area contributed by atoms with E-state index in [1.807, 2.05) is 24.3 Å². The Bertz CT molecular complexity index is 726. The quantitative estimate of drug-likeness (QED) is 0.830. The van der Waals surface area contributed by atoms with Crippen LogP contribution in [0.5, 0.6) is 0 Å². The van der Waals surface area contributed by atoms with Crippen molar-refractivity contribution in [3.63, 3.8) is 0 Å². The topological polar surface area (TPSA) is 71.8 Å². The van der Waals surface area contributed by atoms with Gasteiger partial charge in [0.25, 0.3) is 0 Å². The summed E-state index contributed by atoms with van der Waals surface area (Å²) < 4.78 is 2.21. The Balaban J connectivity index is 0.00000121. The number of carbonyl (C=O) groups is 1. The third kappa shape index (κ3) is 4.55. The first-order valence-corrected chi connectivity index (χ1v) is 8.85. The van der Waals surface area contributed by atoms with Crippen LogP contribution in [-0.2, 0) is 17.8 Å². The van der Waals surface area contributed by atoms with Crippen LogP contribution in [0.25, 0.3) is 11.4 Å². The summed E-state index contributed by atoms with van der Waals surface area (Å²) in [5.74, 6) is 2.08. The molecule has 1 fully saturated rings. The lowest BCUT2D eigenvalue weighted by Crippen LogP contribution is -2.27. The molecular weight excluding hydrogens is 373 g/mol. The van der Waals surface area contributed by atoms with E-state index in [0.717, 1.165) is 55.3 Å². The van der Waals surface area contributed by atoms with Gasteiger partial charge in [-0.25, -0.2) is 0 Å². The summed E-state index contributed by atoms with van der Waals surface area (Å²) in [4.78, 5) is 12.1. The standard InChI is InChI=1S/C18H23N5O.2ClH/c24-17(12-15-4-3-10-19-15)20-14-8-6-13(7-9-14)18-22-21-16-5-1-2-11-23(16)18;;/h6-9,15,19H,1-5,10-12H2,(H,20,24);2*1H. The molecule has 1 unspecified atom stereocenters. The fraction of sp³-hybridized carbons (Fsp3) is 0.500. The molecule has 1 atom stereocenters. The van der Waals surface area contributed by atoms with Crippen LogP contribution < -0.4 is 10.6 Å². The molecule has 8 heteroatoms. The van der Waals surface area contributed by atoms with Crippen LogP contribution in [0.1, 0.15) is 37.9 Å². The van der Waals surface area contributed by atoms with Gasteiger partial charge in [-0.15, -0.1) is 35.0 Å². The average molecular weight is 398 g/mol. The van der Waals surface area contributed by atoms with Gasteiger partial charge in [0, 0.05) is 36.7 Å². The van der Waals surface area contributed by atoms with Crippen molar-refractivity contribution in [2.24, 2.45) is 0 Å². The molecule has 6 nitrogen and oxygen atoms in total. The Hall–Kier alpha value is -1.63. The molecule has 0 aliphatic carbocycles. The minimum atomic E-state index is 0. The molecule has 1 aromatic heterocycles. The lowest BCUT2D eigenvalue weighted by Gasteiger charge is -2.15. The zero-order valence-corrected chi connectivity index (χ0v) is 16.2. The number of fused-ring (bicyclic) bond motifs is 1. The van der Waals surface area contributed by atoms with Crippen LogP contribution >= 0.6 is 24.8 Å². The van der Waals surface area contributed by atoms with Gasteiger partial charge in [0.2, 0.25) is 5.91 Å². The largest absolute Gasteiger partial charge is 0.326 e. The highest BCUT2D eigenvalue weighted by Gasteiger charge is 2.18. The van der Waals surface area contributed by atoms with E-state index in [1.54, 1.807) is 0 Å². The van der Waals surface area contributed by atoms with Crippen LogP contribution in [-0.4, -0.2) is 33.3 Å². The number of carbonyl (C=O) groups excluding carboxylic acids is 1. The van der Waals surface area contributed by atoms with Crippen molar-refractivity contribution < 1.29 is 4.79 Å². The fourth-order valence-electron chi connectivity index (χ4n) is 3.59. The maximum Gasteiger partial charge on any atom is 0.225 e. The molecule has 2 aliphatic heterocycles. The van der Waals surface area contributed by atoms with Gasteiger partial charge in [0.1, 0.15) is 5.82 Å². The molecule has 3 heterocycles. The number of benzene rings is 1. The predicted molar refractivity (Wildman–Crippen MR) is 107 cm³/mol. The fourth-order valence-corrected chi connectivity index (χ4v) is 3.59. The Labute approximate surface area is 166 Å². The van der Waals surface area contributed by atoms with Crippen LogP contribution in [0.15, 0.2) is 24.3 Å². The Morgan fingerprint density at radius 1 is 1.15 bits per heavy atom. The second-order valence-corrected chi connectivity index (χ2v) is 6.67. The van der Waals surface area contributed by atoms with Gasteiger partial charge < -0.3 is 15.2 Å². The van der Waals surface area contributed by atoms with Crippen molar-refractivity contribution in [3.8, 4) is 11.4 Å². The van der Waals surface area contributed by atoms with Crippen LogP contribution in [0.2, 0.25) is 0 Å². The highest BCUT2D eigenvalue weighted by atomic mass is 35.5. The third-order valence-electron chi connectivity index (χ3n) is 4.88. The normalized spacial score (nSPS) is 18.4. The van der Waals surface area contributed by atoms with Crippen molar-refractivity contribution >= 4 is 36.4 Å². The maximum absolute atomic E-state index is 12.1. The summed E-state index contributed by atoms with van der Waals surface area (Å²) >= 11 is 0. The van der Waals surface area contributed by atoms with E-state index in [4.69, 9.17) is 0 Å². The zero-order chi connectivity index (χ0) is 16.4. The predicted octanol–water partition coefficient (Wildman–Crippen LogP) is 3.21. The highest BCUT2D eigenvalue weighted by Crippen LogP contribution is 2.24. The number of hydrogen-bond acceptors (Lipinski definition) is 4. The molecular formula is C18H25Cl2N5O. The van der Waals surface area contributed by atoms with E-state index >= 15 is 0 Å². The van der Waals surface area contributed by atoms with E-state index in [0.29, 0.717) is 12.5 Å². The van der Waals surface area contributed by atoms with E-state index in [-0.39, 0.29) is 30.7 Å². The molecule has 2 N–H and O–H groups in total. The Kier molecular flexibility index (Phi) is 7.43. The van der Waals surface area contributed by atoms with Crippen molar-refractivity contribution in [1.29, 1.82) is 0 Å². The molecule has 0 radical (unpaired) electrons. The molecule has 2 aromatic rings. The van der Waals surface area contributed by atoms with Gasteiger partial charge in [-0.05, 0) is 56.5 Å². The molecule has 0 saturated carbocycles. The Morgan fingerprint density at radius 2 is 1.96 bits per heavy atom. The van der Waals surface area contributed by atoms with Crippen molar-refractivity contribution in [3.05, 3.63) is 30.1 Å². The number of amides is 1. The van der Waals surface area contributed by atoms with Crippen molar-refractivity contribution in [2.75, 3.05) is 11.9 Å². The number of halogens is 2. The number of rotatable bonds is 4. The molecule has 1 aromatic carbocycles. The SMILES string of the molecule is Cl.Cl.O=C(CC1CCCN1)Nc1ccc(-c2nnc3n2CCCC3)cc1. The second kappa shape index (κ2) is 9.35. The van der Waals surface area contributed by atoms with Gasteiger partial charge >= 0.3 is 0 Å². The number of hydrogen-bond donors (Lipinski definition) is 2. The molecule has 2 aliphatic rings. The van der Waals surface area contributed by atoms with E-state index < -0.39 is 0 Å². The molecule has 0 spiro atoms. The Morgan fingerprint density at radius 3 is 2.69 bits per heavy atom. The smallest absolute Gasteiger partial charge is 0.225 e. The number of nitrogens with one attached hydrogen (secondary N) is 2. The van der Waals surface area contributed by atoms with Gasteiger partial charge in [-0.3, -0.25) is 4.79 Å². The summed E-state index contributed by atoms with van der Waals surface area (Å²) in [5, 5.41) is 15.0. The minimum absolute atomic E-state index is 0. The summed E-state index contributed by atoms with van der Waals surface area (Å²) in [6, 6.07) is 8.23. The van der Waals surface area contributed by atoms with Crippen molar-refractivity contribution in [2.45, 2.75) is 51.1 Å². The molecule has 4 rings (SSSR count). The van der Waals surface area contributed by atoms with Gasteiger partial charge in [-0.2, -0.15) is 0 Å². The van der Waals surface area contributed by atoms with E-state index in [9.17, 15) is 4.79 Å². The second-order valence-electron chi connectivity index (χ2n) is 6.67. The lowest BCUT2D eigenvalue weighted by atomic mass is 10.1. The third-order valence-corrected chi connectivity index (χ3v) is 4.88. The molecule has 1 amide bonds. The number of aryl methyl sites for hydroxylation is 1. The lowest BCUT2D eigenvalue weighted by molar-refractivity contribution is -0.116. The molecule has 142 valence electrons. The van der Waals surface area contributed by atoms with Crippen LogP contribution in [0.3, 0.4) is 0 Å². The number of anilines is 1. The van der Waals surface area contributed by atoms with Gasteiger partial charge in [0.15, 0.2) is 5.82 Å². The first kappa shape index (κ1) is 20.7.